The third-order valence-corrected chi connectivity index (χ3v) is 3.39. The topological polar surface area (TPSA) is 38.9 Å². The molecule has 0 bridgehead atoms. The minimum atomic E-state index is 0.0891. The highest BCUT2D eigenvalue weighted by Crippen LogP contribution is 2.35. The highest BCUT2D eigenvalue weighted by atomic mass is 79.9. The molecule has 0 aliphatic heterocycles. The lowest BCUT2D eigenvalue weighted by molar-refractivity contribution is 0.563. The van der Waals surface area contributed by atoms with Crippen molar-refractivity contribution in [3.05, 3.63) is 28.5 Å². The maximum absolute atomic E-state index is 6.08. The molecule has 1 aliphatic rings. The number of nitrogens with zero attached hydrogens (tertiary/aromatic N) is 1. The van der Waals surface area contributed by atoms with E-state index in [0.29, 0.717) is 0 Å². The zero-order chi connectivity index (χ0) is 9.97. The smallest absolute Gasteiger partial charge is 0.0712 e. The second-order valence-electron chi connectivity index (χ2n) is 4.00. The Balaban J connectivity index is 1.95. The molecule has 1 fully saturated rings. The molecule has 2 rings (SSSR count). The van der Waals surface area contributed by atoms with Crippen LogP contribution in [0.4, 0.5) is 0 Å². The Morgan fingerprint density at radius 1 is 1.57 bits per heavy atom. The first-order valence-corrected chi connectivity index (χ1v) is 5.92. The molecule has 3 heteroatoms. The number of halogens is 1. The molecule has 0 amide bonds. The lowest BCUT2D eigenvalue weighted by atomic mass is 10.1. The summed E-state index contributed by atoms with van der Waals surface area (Å²) in [6.45, 7) is 0. The van der Waals surface area contributed by atoms with Gasteiger partial charge < -0.3 is 5.73 Å². The molecule has 14 heavy (non-hydrogen) atoms. The van der Waals surface area contributed by atoms with E-state index in [9.17, 15) is 0 Å². The maximum Gasteiger partial charge on any atom is 0.0712 e. The maximum atomic E-state index is 6.08. The summed E-state index contributed by atoms with van der Waals surface area (Å²) < 4.78 is 1.03. The van der Waals surface area contributed by atoms with Gasteiger partial charge in [0.25, 0.3) is 0 Å². The van der Waals surface area contributed by atoms with Crippen LogP contribution in [0.2, 0.25) is 0 Å². The van der Waals surface area contributed by atoms with Gasteiger partial charge >= 0.3 is 0 Å². The number of pyridine rings is 1. The van der Waals surface area contributed by atoms with Gasteiger partial charge in [-0.15, -0.1) is 0 Å². The molecule has 1 aromatic rings. The lowest BCUT2D eigenvalue weighted by Gasteiger charge is -2.11. The Hall–Kier alpha value is -0.410. The molecule has 0 spiro atoms. The SMILES string of the molecule is NC(CCC1CC1)c1ncccc1Br. The minimum Gasteiger partial charge on any atom is -0.323 e. The van der Waals surface area contributed by atoms with Gasteiger partial charge in [-0.3, -0.25) is 4.98 Å². The van der Waals surface area contributed by atoms with Gasteiger partial charge in [0.05, 0.1) is 5.69 Å². The molecule has 1 saturated carbocycles. The fourth-order valence-electron chi connectivity index (χ4n) is 1.63. The van der Waals surface area contributed by atoms with E-state index in [1.54, 1.807) is 6.20 Å². The number of aromatic nitrogens is 1. The van der Waals surface area contributed by atoms with Crippen molar-refractivity contribution in [1.29, 1.82) is 0 Å². The van der Waals surface area contributed by atoms with Gasteiger partial charge in [0.1, 0.15) is 0 Å². The van der Waals surface area contributed by atoms with Crippen LogP contribution in [0.3, 0.4) is 0 Å². The molecule has 1 heterocycles. The van der Waals surface area contributed by atoms with E-state index in [1.807, 2.05) is 12.1 Å². The Morgan fingerprint density at radius 3 is 3.00 bits per heavy atom. The molecule has 2 nitrogen and oxygen atoms in total. The van der Waals surface area contributed by atoms with Crippen molar-refractivity contribution in [1.82, 2.24) is 4.98 Å². The van der Waals surface area contributed by atoms with Crippen molar-refractivity contribution in [3.63, 3.8) is 0 Å². The molecule has 0 aromatic carbocycles. The third-order valence-electron chi connectivity index (χ3n) is 2.72. The van der Waals surface area contributed by atoms with Gasteiger partial charge in [-0.05, 0) is 46.8 Å². The number of rotatable bonds is 4. The standard InChI is InChI=1S/C11H15BrN2/c12-9-2-1-7-14-11(9)10(13)6-5-8-3-4-8/h1-2,7-8,10H,3-6,13H2. The highest BCUT2D eigenvalue weighted by molar-refractivity contribution is 9.10. The van der Waals surface area contributed by atoms with E-state index in [1.165, 1.54) is 19.3 Å². The van der Waals surface area contributed by atoms with E-state index in [2.05, 4.69) is 20.9 Å². The molecule has 76 valence electrons. The highest BCUT2D eigenvalue weighted by Gasteiger charge is 2.22. The van der Waals surface area contributed by atoms with Crippen molar-refractivity contribution in [2.24, 2.45) is 11.7 Å². The zero-order valence-corrected chi connectivity index (χ0v) is 9.70. The summed E-state index contributed by atoms with van der Waals surface area (Å²) in [5, 5.41) is 0. The second-order valence-corrected chi connectivity index (χ2v) is 4.85. The van der Waals surface area contributed by atoms with Crippen molar-refractivity contribution in [2.75, 3.05) is 0 Å². The Bertz CT molecular complexity index is 310. The van der Waals surface area contributed by atoms with Gasteiger partial charge in [-0.25, -0.2) is 0 Å². The molecule has 1 aliphatic carbocycles. The van der Waals surface area contributed by atoms with Crippen LogP contribution in [0.15, 0.2) is 22.8 Å². The molecular weight excluding hydrogens is 240 g/mol. The van der Waals surface area contributed by atoms with Gasteiger partial charge in [0.15, 0.2) is 0 Å². The molecular formula is C11H15BrN2. The molecule has 1 atom stereocenters. The average Bonchev–Trinajstić information content (AvgIpc) is 2.98. The summed E-state index contributed by atoms with van der Waals surface area (Å²) in [7, 11) is 0. The van der Waals surface area contributed by atoms with Gasteiger partial charge in [0, 0.05) is 16.7 Å². The average molecular weight is 255 g/mol. The van der Waals surface area contributed by atoms with Crippen LogP contribution >= 0.6 is 15.9 Å². The quantitative estimate of drug-likeness (QED) is 0.898. The van der Waals surface area contributed by atoms with Crippen LogP contribution in [0.1, 0.15) is 37.4 Å². The number of hydrogen-bond acceptors (Lipinski definition) is 2. The van der Waals surface area contributed by atoms with Crippen molar-refractivity contribution < 1.29 is 0 Å². The summed E-state index contributed by atoms with van der Waals surface area (Å²) in [5.74, 6) is 0.948. The molecule has 0 radical (unpaired) electrons. The van der Waals surface area contributed by atoms with Crippen LogP contribution < -0.4 is 5.73 Å². The van der Waals surface area contributed by atoms with Crippen LogP contribution in [-0.2, 0) is 0 Å². The van der Waals surface area contributed by atoms with Crippen molar-refractivity contribution >= 4 is 15.9 Å². The predicted octanol–water partition coefficient (Wildman–Crippen LogP) is 3.03. The third kappa shape index (κ3) is 2.55. The Labute approximate surface area is 93.0 Å². The molecule has 1 unspecified atom stereocenters. The predicted molar refractivity (Wildman–Crippen MR) is 60.8 cm³/mol. The number of nitrogens with two attached hydrogens (primary N) is 1. The summed E-state index contributed by atoms with van der Waals surface area (Å²) in [6, 6.07) is 4.01. The largest absolute Gasteiger partial charge is 0.323 e. The van der Waals surface area contributed by atoms with Gasteiger partial charge in [0.2, 0.25) is 0 Å². The van der Waals surface area contributed by atoms with Crippen LogP contribution in [-0.4, -0.2) is 4.98 Å². The fourth-order valence-corrected chi connectivity index (χ4v) is 2.18. The Morgan fingerprint density at radius 2 is 2.36 bits per heavy atom. The molecule has 0 saturated heterocycles. The summed E-state index contributed by atoms with van der Waals surface area (Å²) in [4.78, 5) is 4.30. The van der Waals surface area contributed by atoms with E-state index in [0.717, 1.165) is 22.5 Å². The van der Waals surface area contributed by atoms with Crippen molar-refractivity contribution in [3.8, 4) is 0 Å². The first-order valence-electron chi connectivity index (χ1n) is 5.13. The normalized spacial score (nSPS) is 18.1. The lowest BCUT2D eigenvalue weighted by Crippen LogP contribution is -2.12. The first-order chi connectivity index (χ1) is 6.77. The van der Waals surface area contributed by atoms with Crippen LogP contribution in [0.25, 0.3) is 0 Å². The Kier molecular flexibility index (Phi) is 3.19. The molecule has 2 N–H and O–H groups in total. The molecule has 1 aromatic heterocycles. The summed E-state index contributed by atoms with van der Waals surface area (Å²) in [5.41, 5.74) is 7.07. The van der Waals surface area contributed by atoms with E-state index < -0.39 is 0 Å². The van der Waals surface area contributed by atoms with Crippen LogP contribution in [0, 0.1) is 5.92 Å². The van der Waals surface area contributed by atoms with Crippen LogP contribution in [0.5, 0.6) is 0 Å². The van der Waals surface area contributed by atoms with Gasteiger partial charge in [-0.1, -0.05) is 12.8 Å². The summed E-state index contributed by atoms with van der Waals surface area (Å²) in [6.07, 6.45) is 6.91. The second kappa shape index (κ2) is 4.41. The zero-order valence-electron chi connectivity index (χ0n) is 8.12. The van der Waals surface area contributed by atoms with Crippen molar-refractivity contribution in [2.45, 2.75) is 31.7 Å². The number of hydrogen-bond donors (Lipinski definition) is 1. The van der Waals surface area contributed by atoms with E-state index in [-0.39, 0.29) is 6.04 Å². The van der Waals surface area contributed by atoms with E-state index >= 15 is 0 Å². The minimum absolute atomic E-state index is 0.0891. The van der Waals surface area contributed by atoms with E-state index in [4.69, 9.17) is 5.73 Å². The first kappa shape index (κ1) is 10.1. The summed E-state index contributed by atoms with van der Waals surface area (Å²) >= 11 is 3.48. The fraction of sp³-hybridized carbons (Fsp3) is 0.545. The van der Waals surface area contributed by atoms with Gasteiger partial charge in [-0.2, -0.15) is 0 Å². The monoisotopic (exact) mass is 254 g/mol.